The molecular weight excluding hydrogens is 200 g/mol. The Hall–Kier alpha value is -1.16. The van der Waals surface area contributed by atoms with Crippen molar-refractivity contribution in [1.82, 2.24) is 0 Å². The van der Waals surface area contributed by atoms with Crippen LogP contribution in [0.2, 0.25) is 0 Å². The molecule has 0 fully saturated rings. The van der Waals surface area contributed by atoms with Gasteiger partial charge in [0, 0.05) is 24.9 Å². The molecule has 0 radical (unpaired) electrons. The van der Waals surface area contributed by atoms with E-state index in [1.54, 1.807) is 0 Å². The van der Waals surface area contributed by atoms with Crippen LogP contribution in [0.3, 0.4) is 0 Å². The molecule has 0 aliphatic rings. The molecule has 0 bridgehead atoms. The predicted octanol–water partition coefficient (Wildman–Crippen LogP) is 2.54. The molecule has 1 aromatic carbocycles. The van der Waals surface area contributed by atoms with Crippen molar-refractivity contribution in [1.29, 1.82) is 0 Å². The first-order valence-corrected chi connectivity index (χ1v) is 5.03. The van der Waals surface area contributed by atoms with Crippen LogP contribution in [-0.2, 0) is 0 Å². The van der Waals surface area contributed by atoms with Gasteiger partial charge < -0.3 is 10.4 Å². The molecule has 0 aromatic heterocycles. The van der Waals surface area contributed by atoms with Crippen molar-refractivity contribution >= 4 is 5.69 Å². The second-order valence-electron chi connectivity index (χ2n) is 3.37. The molecule has 0 saturated carbocycles. The number of aliphatic hydroxyl groups excluding tert-OH is 1. The van der Waals surface area contributed by atoms with Gasteiger partial charge in [-0.15, -0.1) is 0 Å². The van der Waals surface area contributed by atoms with Gasteiger partial charge in [-0.3, -0.25) is 0 Å². The van der Waals surface area contributed by atoms with Gasteiger partial charge in [-0.05, 0) is 31.4 Å². The lowest BCUT2D eigenvalue weighted by Gasteiger charge is -2.06. The number of hydrogen-bond acceptors (Lipinski definition) is 2. The Morgan fingerprint density at radius 2 is 1.67 bits per heavy atom. The maximum absolute atomic E-state index is 12.7. The molecule has 15 heavy (non-hydrogen) atoms. The fourth-order valence-electron chi connectivity index (χ4n) is 1.30. The van der Waals surface area contributed by atoms with Gasteiger partial charge in [0.15, 0.2) is 0 Å². The highest BCUT2D eigenvalue weighted by atomic mass is 19.1. The molecule has 0 aliphatic heterocycles. The van der Waals surface area contributed by atoms with E-state index in [0.29, 0.717) is 12.2 Å². The molecule has 0 saturated heterocycles. The summed E-state index contributed by atoms with van der Waals surface area (Å²) in [5.74, 6) is -1.15. The zero-order chi connectivity index (χ0) is 11.1. The van der Waals surface area contributed by atoms with Crippen LogP contribution in [0.4, 0.5) is 14.5 Å². The Bertz CT molecular complexity index is 284. The van der Waals surface area contributed by atoms with Crippen molar-refractivity contribution in [2.24, 2.45) is 0 Å². The van der Waals surface area contributed by atoms with E-state index in [9.17, 15) is 8.78 Å². The highest BCUT2D eigenvalue weighted by molar-refractivity contribution is 5.43. The molecule has 2 nitrogen and oxygen atoms in total. The second kappa shape index (κ2) is 6.35. The molecule has 1 aromatic rings. The number of unbranched alkanes of at least 4 members (excludes halogenated alkanes) is 2. The average Bonchev–Trinajstić information content (AvgIpc) is 2.16. The van der Waals surface area contributed by atoms with Crippen molar-refractivity contribution in [3.8, 4) is 0 Å². The van der Waals surface area contributed by atoms with Gasteiger partial charge >= 0.3 is 0 Å². The predicted molar refractivity (Wildman–Crippen MR) is 55.8 cm³/mol. The largest absolute Gasteiger partial charge is 0.396 e. The monoisotopic (exact) mass is 215 g/mol. The molecule has 84 valence electrons. The van der Waals surface area contributed by atoms with Gasteiger partial charge in [0.1, 0.15) is 11.6 Å². The Labute approximate surface area is 87.9 Å². The molecule has 4 heteroatoms. The van der Waals surface area contributed by atoms with E-state index in [1.165, 1.54) is 12.1 Å². The maximum atomic E-state index is 12.7. The summed E-state index contributed by atoms with van der Waals surface area (Å²) in [4.78, 5) is 0. The van der Waals surface area contributed by atoms with E-state index in [-0.39, 0.29) is 6.61 Å². The number of benzene rings is 1. The third-order valence-corrected chi connectivity index (χ3v) is 2.03. The number of nitrogens with one attached hydrogen (secondary N) is 1. The van der Waals surface area contributed by atoms with Crippen LogP contribution < -0.4 is 5.32 Å². The lowest BCUT2D eigenvalue weighted by Crippen LogP contribution is -2.02. The number of aliphatic hydroxyl groups is 1. The van der Waals surface area contributed by atoms with Crippen molar-refractivity contribution in [3.63, 3.8) is 0 Å². The molecule has 2 N–H and O–H groups in total. The number of anilines is 1. The van der Waals surface area contributed by atoms with Crippen LogP contribution in [0.15, 0.2) is 18.2 Å². The van der Waals surface area contributed by atoms with Gasteiger partial charge in [0.25, 0.3) is 0 Å². The Kier molecular flexibility index (Phi) is 5.04. The van der Waals surface area contributed by atoms with Crippen molar-refractivity contribution in [2.45, 2.75) is 19.3 Å². The molecule has 0 spiro atoms. The fraction of sp³-hybridized carbons (Fsp3) is 0.455. The third kappa shape index (κ3) is 4.74. The number of rotatable bonds is 6. The first-order chi connectivity index (χ1) is 7.22. The minimum atomic E-state index is -0.576. The lowest BCUT2D eigenvalue weighted by atomic mass is 10.2. The Morgan fingerprint density at radius 1 is 1.00 bits per heavy atom. The van der Waals surface area contributed by atoms with Crippen molar-refractivity contribution in [3.05, 3.63) is 29.8 Å². The summed E-state index contributed by atoms with van der Waals surface area (Å²) < 4.78 is 25.5. The summed E-state index contributed by atoms with van der Waals surface area (Å²) in [6, 6.07) is 3.36. The van der Waals surface area contributed by atoms with Crippen LogP contribution in [-0.4, -0.2) is 18.3 Å². The Morgan fingerprint density at radius 3 is 2.27 bits per heavy atom. The van der Waals surface area contributed by atoms with E-state index < -0.39 is 11.6 Å². The quantitative estimate of drug-likeness (QED) is 0.715. The van der Waals surface area contributed by atoms with Crippen LogP contribution in [0, 0.1) is 11.6 Å². The summed E-state index contributed by atoms with van der Waals surface area (Å²) in [6.07, 6.45) is 2.54. The summed E-state index contributed by atoms with van der Waals surface area (Å²) >= 11 is 0. The molecule has 0 atom stereocenters. The van der Waals surface area contributed by atoms with E-state index in [2.05, 4.69) is 5.32 Å². The highest BCUT2D eigenvalue weighted by Gasteiger charge is 1.99. The van der Waals surface area contributed by atoms with E-state index in [4.69, 9.17) is 5.11 Å². The van der Waals surface area contributed by atoms with Crippen LogP contribution >= 0.6 is 0 Å². The smallest absolute Gasteiger partial charge is 0.128 e. The molecular formula is C11H15F2NO. The van der Waals surface area contributed by atoms with Crippen molar-refractivity contribution < 1.29 is 13.9 Å². The zero-order valence-electron chi connectivity index (χ0n) is 8.47. The first kappa shape index (κ1) is 11.9. The van der Waals surface area contributed by atoms with Gasteiger partial charge in [-0.25, -0.2) is 8.78 Å². The number of halogens is 2. The van der Waals surface area contributed by atoms with E-state index in [0.717, 1.165) is 25.3 Å². The highest BCUT2D eigenvalue weighted by Crippen LogP contribution is 2.12. The topological polar surface area (TPSA) is 32.3 Å². The average molecular weight is 215 g/mol. The third-order valence-electron chi connectivity index (χ3n) is 2.03. The molecule has 0 heterocycles. The lowest BCUT2D eigenvalue weighted by molar-refractivity contribution is 0.283. The summed E-state index contributed by atoms with van der Waals surface area (Å²) in [7, 11) is 0. The molecule has 1 rings (SSSR count). The van der Waals surface area contributed by atoms with Crippen LogP contribution in [0.25, 0.3) is 0 Å². The summed E-state index contributed by atoms with van der Waals surface area (Å²) in [5.41, 5.74) is 0.455. The summed E-state index contributed by atoms with van der Waals surface area (Å²) in [6.45, 7) is 0.845. The van der Waals surface area contributed by atoms with Crippen LogP contribution in [0.1, 0.15) is 19.3 Å². The summed E-state index contributed by atoms with van der Waals surface area (Å²) in [5, 5.41) is 11.5. The van der Waals surface area contributed by atoms with Crippen molar-refractivity contribution in [2.75, 3.05) is 18.5 Å². The van der Waals surface area contributed by atoms with Gasteiger partial charge in [0.2, 0.25) is 0 Å². The Balaban J connectivity index is 2.31. The second-order valence-corrected chi connectivity index (χ2v) is 3.37. The molecule has 0 unspecified atom stereocenters. The van der Waals surface area contributed by atoms with Gasteiger partial charge in [0.05, 0.1) is 0 Å². The van der Waals surface area contributed by atoms with Gasteiger partial charge in [-0.2, -0.15) is 0 Å². The van der Waals surface area contributed by atoms with E-state index >= 15 is 0 Å². The van der Waals surface area contributed by atoms with Crippen LogP contribution in [0.5, 0.6) is 0 Å². The van der Waals surface area contributed by atoms with E-state index in [1.807, 2.05) is 0 Å². The normalized spacial score (nSPS) is 10.3. The first-order valence-electron chi connectivity index (χ1n) is 5.03. The van der Waals surface area contributed by atoms with Gasteiger partial charge in [-0.1, -0.05) is 0 Å². The molecule has 0 amide bonds. The number of hydrogen-bond donors (Lipinski definition) is 2. The fourth-order valence-corrected chi connectivity index (χ4v) is 1.30. The maximum Gasteiger partial charge on any atom is 0.128 e. The minimum absolute atomic E-state index is 0.189. The zero-order valence-corrected chi connectivity index (χ0v) is 8.47. The standard InChI is InChI=1S/C11H15F2NO/c12-9-6-10(13)8-11(7-9)14-4-2-1-3-5-15/h6-8,14-15H,1-5H2. The minimum Gasteiger partial charge on any atom is -0.396 e. The SMILES string of the molecule is OCCCCCNc1cc(F)cc(F)c1. The molecule has 0 aliphatic carbocycles.